The predicted octanol–water partition coefficient (Wildman–Crippen LogP) is 16.3. The van der Waals surface area contributed by atoms with E-state index in [0.717, 1.165) is 83.2 Å². The molecule has 0 saturated heterocycles. The van der Waals surface area contributed by atoms with Crippen molar-refractivity contribution in [1.82, 2.24) is 0 Å². The lowest BCUT2D eigenvalue weighted by Crippen LogP contribution is -2.10. The number of fused-ring (bicyclic) bond motifs is 9. The summed E-state index contributed by atoms with van der Waals surface area (Å²) in [6.45, 7) is 0. The molecule has 0 radical (unpaired) electrons. The van der Waals surface area contributed by atoms with Crippen LogP contribution in [-0.2, 0) is 0 Å². The van der Waals surface area contributed by atoms with Gasteiger partial charge in [-0.25, -0.2) is 0 Å². The maximum absolute atomic E-state index is 6.99. The summed E-state index contributed by atoms with van der Waals surface area (Å²) in [4.78, 5) is 2.33. The van der Waals surface area contributed by atoms with E-state index in [1.165, 1.54) is 32.7 Å². The molecule has 0 fully saturated rings. The molecule has 0 aliphatic rings. The Bertz CT molecular complexity index is 3540. The minimum atomic E-state index is 0.844. The van der Waals surface area contributed by atoms with Crippen LogP contribution in [0.1, 0.15) is 0 Å². The van der Waals surface area contributed by atoms with Crippen LogP contribution in [0.5, 0.6) is 0 Å². The Morgan fingerprint density at radius 1 is 0.288 bits per heavy atom. The molecule has 10 aromatic carbocycles. The van der Waals surface area contributed by atoms with Crippen LogP contribution in [-0.4, -0.2) is 0 Å². The molecule has 0 unspecified atom stereocenters. The highest BCUT2D eigenvalue weighted by Gasteiger charge is 2.21. The number of nitrogens with zero attached hydrogens (tertiary/aromatic N) is 1. The summed E-state index contributed by atoms with van der Waals surface area (Å²) in [6.07, 6.45) is 0. The van der Waals surface area contributed by atoms with Crippen LogP contribution in [0.15, 0.2) is 221 Å². The van der Waals surface area contributed by atoms with E-state index in [2.05, 4.69) is 205 Å². The van der Waals surface area contributed by atoms with Crippen molar-refractivity contribution < 1.29 is 8.83 Å². The molecule has 276 valence electrons. The maximum Gasteiger partial charge on any atom is 0.159 e. The smallest absolute Gasteiger partial charge is 0.159 e. The molecule has 3 heteroatoms. The third-order valence-corrected chi connectivity index (χ3v) is 11.9. The SMILES string of the molecule is c1ccc(-c2cccc3c2oc2c(N(c4ccc(-c5ccc6oc7ccccc7c6c5)cc4)c4ccc(-c5cc6ccccc6c6ccccc56)cc4)cccc23)cc1. The van der Waals surface area contributed by atoms with E-state index in [-0.39, 0.29) is 0 Å². The molecule has 59 heavy (non-hydrogen) atoms. The fraction of sp³-hybridized carbons (Fsp3) is 0. The molecule has 0 aliphatic heterocycles. The van der Waals surface area contributed by atoms with Gasteiger partial charge in [-0.3, -0.25) is 0 Å². The van der Waals surface area contributed by atoms with E-state index in [4.69, 9.17) is 8.83 Å². The fourth-order valence-corrected chi connectivity index (χ4v) is 9.05. The molecular formula is C56H35NO2. The Kier molecular flexibility index (Phi) is 7.54. The van der Waals surface area contributed by atoms with Crippen LogP contribution in [0.4, 0.5) is 17.1 Å². The van der Waals surface area contributed by atoms with Gasteiger partial charge in [-0.1, -0.05) is 158 Å². The predicted molar refractivity (Wildman–Crippen MR) is 247 cm³/mol. The summed E-state index contributed by atoms with van der Waals surface area (Å²) in [5.41, 5.74) is 13.4. The molecule has 3 nitrogen and oxygen atoms in total. The van der Waals surface area contributed by atoms with Crippen molar-refractivity contribution in [1.29, 1.82) is 0 Å². The van der Waals surface area contributed by atoms with Gasteiger partial charge < -0.3 is 13.7 Å². The Hall–Kier alpha value is -7.88. The summed E-state index contributed by atoms with van der Waals surface area (Å²) < 4.78 is 13.1. The fourth-order valence-electron chi connectivity index (χ4n) is 9.05. The minimum Gasteiger partial charge on any atom is -0.456 e. The van der Waals surface area contributed by atoms with Crippen molar-refractivity contribution in [2.24, 2.45) is 0 Å². The third-order valence-electron chi connectivity index (χ3n) is 11.9. The Morgan fingerprint density at radius 2 is 0.864 bits per heavy atom. The zero-order valence-electron chi connectivity index (χ0n) is 32.0. The number of furan rings is 2. The van der Waals surface area contributed by atoms with Crippen LogP contribution in [0.3, 0.4) is 0 Å². The van der Waals surface area contributed by atoms with Crippen molar-refractivity contribution in [3.63, 3.8) is 0 Å². The van der Waals surface area contributed by atoms with E-state index in [1.807, 2.05) is 12.1 Å². The van der Waals surface area contributed by atoms with Gasteiger partial charge in [0.25, 0.3) is 0 Å². The Labute approximate surface area is 340 Å². The topological polar surface area (TPSA) is 29.5 Å². The van der Waals surface area contributed by atoms with Crippen LogP contribution < -0.4 is 4.90 Å². The molecule has 12 rings (SSSR count). The lowest BCUT2D eigenvalue weighted by molar-refractivity contribution is 0.669. The van der Waals surface area contributed by atoms with Gasteiger partial charge in [0, 0.05) is 38.5 Å². The quantitative estimate of drug-likeness (QED) is 0.158. The third kappa shape index (κ3) is 5.44. The molecule has 2 heterocycles. The van der Waals surface area contributed by atoms with Gasteiger partial charge in [0.05, 0.1) is 5.69 Å². The zero-order valence-corrected chi connectivity index (χ0v) is 32.0. The first-order valence-corrected chi connectivity index (χ1v) is 20.1. The van der Waals surface area contributed by atoms with Crippen molar-refractivity contribution in [3.8, 4) is 33.4 Å². The van der Waals surface area contributed by atoms with Gasteiger partial charge in [0.2, 0.25) is 0 Å². The van der Waals surface area contributed by atoms with Crippen molar-refractivity contribution in [2.75, 3.05) is 4.90 Å². The summed E-state index contributed by atoms with van der Waals surface area (Å²) >= 11 is 0. The highest BCUT2D eigenvalue weighted by Crippen LogP contribution is 2.45. The summed E-state index contributed by atoms with van der Waals surface area (Å²) in [7, 11) is 0. The number of hydrogen-bond acceptors (Lipinski definition) is 3. The normalized spacial score (nSPS) is 11.7. The van der Waals surface area contributed by atoms with Crippen LogP contribution in [0.2, 0.25) is 0 Å². The Balaban J connectivity index is 1.02. The largest absolute Gasteiger partial charge is 0.456 e. The highest BCUT2D eigenvalue weighted by atomic mass is 16.3. The van der Waals surface area contributed by atoms with Gasteiger partial charge in [-0.15, -0.1) is 0 Å². The van der Waals surface area contributed by atoms with Crippen LogP contribution in [0, 0.1) is 0 Å². The Morgan fingerprint density at radius 3 is 1.66 bits per heavy atom. The van der Waals surface area contributed by atoms with Crippen molar-refractivity contribution in [2.45, 2.75) is 0 Å². The lowest BCUT2D eigenvalue weighted by Gasteiger charge is -2.26. The maximum atomic E-state index is 6.99. The van der Waals surface area contributed by atoms with E-state index >= 15 is 0 Å². The average molecular weight is 754 g/mol. The van der Waals surface area contributed by atoms with Gasteiger partial charge >= 0.3 is 0 Å². The van der Waals surface area contributed by atoms with E-state index < -0.39 is 0 Å². The second-order valence-corrected chi connectivity index (χ2v) is 15.2. The first-order valence-electron chi connectivity index (χ1n) is 20.1. The van der Waals surface area contributed by atoms with Crippen molar-refractivity contribution >= 4 is 82.5 Å². The molecule has 0 aliphatic carbocycles. The van der Waals surface area contributed by atoms with E-state index in [1.54, 1.807) is 0 Å². The first kappa shape index (κ1) is 33.3. The first-order chi connectivity index (χ1) is 29.2. The summed E-state index contributed by atoms with van der Waals surface area (Å²) in [6, 6.07) is 75.7. The van der Waals surface area contributed by atoms with E-state index in [9.17, 15) is 0 Å². The molecule has 0 amide bonds. The molecule has 0 atom stereocenters. The monoisotopic (exact) mass is 753 g/mol. The number of para-hydroxylation sites is 3. The average Bonchev–Trinajstić information content (AvgIpc) is 3.88. The lowest BCUT2D eigenvalue weighted by atomic mass is 9.93. The number of benzene rings is 10. The molecule has 0 bridgehead atoms. The summed E-state index contributed by atoms with van der Waals surface area (Å²) in [5.74, 6) is 0. The molecule has 0 spiro atoms. The van der Waals surface area contributed by atoms with Gasteiger partial charge in [-0.05, 0) is 104 Å². The van der Waals surface area contributed by atoms with Gasteiger partial charge in [-0.2, -0.15) is 0 Å². The second kappa shape index (κ2) is 13.4. The van der Waals surface area contributed by atoms with Crippen molar-refractivity contribution in [3.05, 3.63) is 212 Å². The van der Waals surface area contributed by atoms with Gasteiger partial charge in [0.1, 0.15) is 16.7 Å². The molecule has 12 aromatic rings. The molecule has 0 N–H and O–H groups in total. The zero-order chi connectivity index (χ0) is 38.9. The molecule has 0 saturated carbocycles. The van der Waals surface area contributed by atoms with E-state index in [0.29, 0.717) is 0 Å². The molecular weight excluding hydrogens is 719 g/mol. The molecule has 2 aromatic heterocycles. The number of anilines is 3. The number of hydrogen-bond donors (Lipinski definition) is 0. The van der Waals surface area contributed by atoms with Gasteiger partial charge in [0.15, 0.2) is 5.58 Å². The second-order valence-electron chi connectivity index (χ2n) is 15.2. The minimum absolute atomic E-state index is 0.844. The number of rotatable bonds is 6. The van der Waals surface area contributed by atoms with Crippen LogP contribution >= 0.6 is 0 Å². The highest BCUT2D eigenvalue weighted by molar-refractivity contribution is 6.15. The summed E-state index contributed by atoms with van der Waals surface area (Å²) in [5, 5.41) is 9.43. The standard InChI is InChI=1S/C56H35NO2/c1-2-12-37(13-3-1)44-19-10-20-48-49-21-11-22-52(56(49)59-55(44)48)57(41-29-24-36(25-30-41)39-28-33-54-51(34-39)47-18-8-9-23-53(47)58-54)42-31-26-38(27-32-42)50-35-40-14-4-5-15-43(40)45-16-6-7-17-46(45)50/h1-35H. The van der Waals surface area contributed by atoms with Crippen LogP contribution in [0.25, 0.3) is 98.8 Å².